The van der Waals surface area contributed by atoms with Crippen LogP contribution < -0.4 is 10.6 Å². The molecule has 0 saturated heterocycles. The van der Waals surface area contributed by atoms with E-state index in [4.69, 9.17) is 4.74 Å². The maximum Gasteiger partial charge on any atom is 0.328 e. The molecule has 158 valence electrons. The van der Waals surface area contributed by atoms with Gasteiger partial charge in [-0.05, 0) is 24.3 Å². The number of esters is 3. The topological polar surface area (TPSA) is 137 Å². The monoisotopic (exact) mass is 408 g/mol. The number of rotatable bonds is 8. The van der Waals surface area contributed by atoms with E-state index < -0.39 is 41.7 Å². The lowest BCUT2D eigenvalue weighted by atomic mass is 9.87. The molecule has 0 fully saturated rings. The molecule has 0 aliphatic carbocycles. The van der Waals surface area contributed by atoms with E-state index in [0.717, 1.165) is 21.3 Å². The van der Waals surface area contributed by atoms with E-state index in [1.807, 2.05) is 0 Å². The van der Waals surface area contributed by atoms with Crippen molar-refractivity contribution in [3.8, 4) is 0 Å². The second-order valence-electron chi connectivity index (χ2n) is 6.12. The molecule has 1 aromatic carbocycles. The molecule has 0 aliphatic heterocycles. The lowest BCUT2D eigenvalue weighted by Gasteiger charge is -2.27. The Labute approximate surface area is 167 Å². The van der Waals surface area contributed by atoms with Crippen molar-refractivity contribution in [1.82, 2.24) is 5.32 Å². The summed E-state index contributed by atoms with van der Waals surface area (Å²) in [6.07, 6.45) is 0. The zero-order valence-electron chi connectivity index (χ0n) is 16.8. The fourth-order valence-electron chi connectivity index (χ4n) is 2.64. The summed E-state index contributed by atoms with van der Waals surface area (Å²) < 4.78 is 13.9. The van der Waals surface area contributed by atoms with Crippen molar-refractivity contribution in [1.29, 1.82) is 0 Å². The van der Waals surface area contributed by atoms with Crippen molar-refractivity contribution >= 4 is 35.4 Å². The molecule has 0 heterocycles. The molecule has 0 unspecified atom stereocenters. The first-order valence-electron chi connectivity index (χ1n) is 8.58. The van der Waals surface area contributed by atoms with Crippen molar-refractivity contribution in [2.75, 3.05) is 26.6 Å². The lowest BCUT2D eigenvalue weighted by Crippen LogP contribution is -2.51. The van der Waals surface area contributed by atoms with Gasteiger partial charge in [0.15, 0.2) is 5.92 Å². The van der Waals surface area contributed by atoms with Gasteiger partial charge in [0.25, 0.3) is 5.91 Å². The lowest BCUT2D eigenvalue weighted by molar-refractivity contribution is -0.163. The van der Waals surface area contributed by atoms with Crippen LogP contribution >= 0.6 is 0 Å². The van der Waals surface area contributed by atoms with Gasteiger partial charge in [0, 0.05) is 24.1 Å². The second kappa shape index (κ2) is 10.8. The van der Waals surface area contributed by atoms with Gasteiger partial charge >= 0.3 is 17.9 Å². The van der Waals surface area contributed by atoms with Crippen LogP contribution in [-0.2, 0) is 33.4 Å². The molecule has 0 bridgehead atoms. The third-order valence-corrected chi connectivity index (χ3v) is 4.17. The molecule has 0 saturated carbocycles. The summed E-state index contributed by atoms with van der Waals surface area (Å²) in [5.74, 6) is -6.05. The van der Waals surface area contributed by atoms with Crippen LogP contribution in [0.4, 0.5) is 5.69 Å². The van der Waals surface area contributed by atoms with Gasteiger partial charge in [-0.3, -0.25) is 19.2 Å². The highest BCUT2D eigenvalue weighted by atomic mass is 16.5. The van der Waals surface area contributed by atoms with Crippen LogP contribution in [0.15, 0.2) is 24.3 Å². The first-order chi connectivity index (χ1) is 13.7. The SMILES string of the molecule is COC(=O)C(C(=O)OC)[C@@H](C)[C@H](NC(=O)c1ccc(NC(C)=O)cc1)C(=O)OC. The van der Waals surface area contributed by atoms with Crippen molar-refractivity contribution < 1.29 is 38.2 Å². The molecule has 10 nitrogen and oxygen atoms in total. The molecule has 1 rings (SSSR count). The summed E-state index contributed by atoms with van der Waals surface area (Å²) in [4.78, 5) is 59.9. The van der Waals surface area contributed by atoms with Crippen LogP contribution in [0, 0.1) is 11.8 Å². The largest absolute Gasteiger partial charge is 0.468 e. The van der Waals surface area contributed by atoms with Gasteiger partial charge in [-0.25, -0.2) is 4.79 Å². The van der Waals surface area contributed by atoms with Crippen molar-refractivity contribution in [3.63, 3.8) is 0 Å². The predicted molar refractivity (Wildman–Crippen MR) is 101 cm³/mol. The fraction of sp³-hybridized carbons (Fsp3) is 0.421. The van der Waals surface area contributed by atoms with Gasteiger partial charge in [-0.15, -0.1) is 0 Å². The van der Waals surface area contributed by atoms with Gasteiger partial charge in [0.2, 0.25) is 5.91 Å². The van der Waals surface area contributed by atoms with Crippen molar-refractivity contribution in [3.05, 3.63) is 29.8 Å². The first-order valence-corrected chi connectivity index (χ1v) is 8.58. The standard InChI is InChI=1S/C19H24N2O8/c1-10(14(17(24)27-3)18(25)28-4)15(19(26)29-5)21-16(23)12-6-8-13(9-7-12)20-11(2)22/h6-10,14-15H,1-5H3,(H,20,22)(H,21,23)/t10-,15+/m1/s1. The molecule has 0 spiro atoms. The van der Waals surface area contributed by atoms with Crippen LogP contribution in [0.1, 0.15) is 24.2 Å². The Hall–Kier alpha value is -3.43. The van der Waals surface area contributed by atoms with Gasteiger partial charge < -0.3 is 24.8 Å². The number of carbonyl (C=O) groups excluding carboxylic acids is 5. The zero-order valence-corrected chi connectivity index (χ0v) is 16.8. The Morgan fingerprint density at radius 2 is 1.31 bits per heavy atom. The first kappa shape index (κ1) is 23.6. The molecule has 2 amide bonds. The van der Waals surface area contributed by atoms with E-state index in [-0.39, 0.29) is 11.5 Å². The minimum atomic E-state index is -1.45. The number of methoxy groups -OCH3 is 3. The van der Waals surface area contributed by atoms with Crippen LogP contribution in [-0.4, -0.2) is 57.1 Å². The van der Waals surface area contributed by atoms with Gasteiger partial charge in [0.05, 0.1) is 21.3 Å². The van der Waals surface area contributed by atoms with E-state index in [1.165, 1.54) is 38.1 Å². The summed E-state index contributed by atoms with van der Waals surface area (Å²) in [6.45, 7) is 2.77. The molecule has 10 heteroatoms. The molecule has 29 heavy (non-hydrogen) atoms. The number of benzene rings is 1. The molecular weight excluding hydrogens is 384 g/mol. The Balaban J connectivity index is 3.10. The fourth-order valence-corrected chi connectivity index (χ4v) is 2.64. The Kier molecular flexibility index (Phi) is 8.78. The highest BCUT2D eigenvalue weighted by Crippen LogP contribution is 2.21. The molecule has 1 aromatic rings. The third-order valence-electron chi connectivity index (χ3n) is 4.17. The number of amides is 2. The van der Waals surface area contributed by atoms with Crippen molar-refractivity contribution in [2.24, 2.45) is 11.8 Å². The van der Waals surface area contributed by atoms with Gasteiger partial charge in [-0.1, -0.05) is 6.92 Å². The number of ether oxygens (including phenoxy) is 3. The number of anilines is 1. The Bertz CT molecular complexity index is 759. The van der Waals surface area contributed by atoms with Crippen LogP contribution in [0.25, 0.3) is 0 Å². The maximum absolute atomic E-state index is 12.6. The molecule has 0 radical (unpaired) electrons. The Morgan fingerprint density at radius 1 is 0.828 bits per heavy atom. The summed E-state index contributed by atoms with van der Waals surface area (Å²) in [5.41, 5.74) is 0.677. The molecule has 2 atom stereocenters. The van der Waals surface area contributed by atoms with E-state index in [9.17, 15) is 24.0 Å². The van der Waals surface area contributed by atoms with Gasteiger partial charge in [-0.2, -0.15) is 0 Å². The van der Waals surface area contributed by atoms with Crippen LogP contribution in [0.3, 0.4) is 0 Å². The molecule has 0 aromatic heterocycles. The minimum absolute atomic E-state index is 0.188. The van der Waals surface area contributed by atoms with Crippen molar-refractivity contribution in [2.45, 2.75) is 19.9 Å². The van der Waals surface area contributed by atoms with Crippen LogP contribution in [0.5, 0.6) is 0 Å². The average Bonchev–Trinajstić information content (AvgIpc) is 2.70. The average molecular weight is 408 g/mol. The van der Waals surface area contributed by atoms with E-state index >= 15 is 0 Å². The number of carbonyl (C=O) groups is 5. The van der Waals surface area contributed by atoms with E-state index in [2.05, 4.69) is 20.1 Å². The highest BCUT2D eigenvalue weighted by molar-refractivity contribution is 5.99. The summed E-state index contributed by atoms with van der Waals surface area (Å²) in [5, 5.41) is 5.03. The Morgan fingerprint density at radius 3 is 1.72 bits per heavy atom. The van der Waals surface area contributed by atoms with E-state index in [1.54, 1.807) is 0 Å². The number of hydrogen-bond acceptors (Lipinski definition) is 8. The minimum Gasteiger partial charge on any atom is -0.468 e. The maximum atomic E-state index is 12.6. The van der Waals surface area contributed by atoms with Gasteiger partial charge in [0.1, 0.15) is 6.04 Å². The zero-order chi connectivity index (χ0) is 22.1. The predicted octanol–water partition coefficient (Wildman–Crippen LogP) is 0.515. The smallest absolute Gasteiger partial charge is 0.328 e. The quantitative estimate of drug-likeness (QED) is 0.361. The molecular formula is C19H24N2O8. The number of hydrogen-bond donors (Lipinski definition) is 2. The second-order valence-corrected chi connectivity index (χ2v) is 6.12. The summed E-state index contributed by atoms with van der Waals surface area (Å²) in [6, 6.07) is 4.58. The molecule has 2 N–H and O–H groups in total. The third kappa shape index (κ3) is 6.30. The van der Waals surface area contributed by atoms with Crippen LogP contribution in [0.2, 0.25) is 0 Å². The summed E-state index contributed by atoms with van der Waals surface area (Å²) >= 11 is 0. The van der Waals surface area contributed by atoms with E-state index in [0.29, 0.717) is 5.69 Å². The highest BCUT2D eigenvalue weighted by Gasteiger charge is 2.42. The summed E-state index contributed by atoms with van der Waals surface area (Å²) in [7, 11) is 3.29. The normalized spacial score (nSPS) is 12.3. The number of nitrogens with one attached hydrogen (secondary N) is 2. The molecule has 0 aliphatic rings.